The fourth-order valence-electron chi connectivity index (χ4n) is 3.04. The quantitative estimate of drug-likeness (QED) is 0.726. The summed E-state index contributed by atoms with van der Waals surface area (Å²) in [5, 5.41) is 3.36. The largest absolute Gasteiger partial charge is 0.385 e. The average Bonchev–Trinajstić information content (AvgIpc) is 2.55. The van der Waals surface area contributed by atoms with Gasteiger partial charge < -0.3 is 5.32 Å². The van der Waals surface area contributed by atoms with E-state index in [1.807, 2.05) is 12.1 Å². The van der Waals surface area contributed by atoms with Crippen molar-refractivity contribution in [3.05, 3.63) is 24.3 Å². The summed E-state index contributed by atoms with van der Waals surface area (Å²) in [5.74, 6) is 0.447. The lowest BCUT2D eigenvalue weighted by molar-refractivity contribution is 0.281. The van der Waals surface area contributed by atoms with Crippen LogP contribution in [-0.2, 0) is 10.0 Å². The summed E-state index contributed by atoms with van der Waals surface area (Å²) in [7, 11) is -3.34. The van der Waals surface area contributed by atoms with Crippen molar-refractivity contribution >= 4 is 15.7 Å². The molecule has 0 aliphatic carbocycles. The number of sulfonamides is 1. The van der Waals surface area contributed by atoms with Gasteiger partial charge in [0.05, 0.1) is 4.90 Å². The Hall–Kier alpha value is -1.07. The van der Waals surface area contributed by atoms with E-state index in [1.165, 1.54) is 19.3 Å². The van der Waals surface area contributed by atoms with Crippen LogP contribution in [0.3, 0.4) is 0 Å². The number of unbranched alkanes of at least 4 members (excludes halogenated alkanes) is 3. The third-order valence-electron chi connectivity index (χ3n) is 4.47. The predicted molar refractivity (Wildman–Crippen MR) is 96.2 cm³/mol. The maximum atomic E-state index is 12.7. The van der Waals surface area contributed by atoms with Crippen LogP contribution >= 0.6 is 0 Å². The molecule has 0 aromatic heterocycles. The van der Waals surface area contributed by atoms with E-state index in [2.05, 4.69) is 19.2 Å². The Labute approximate surface area is 141 Å². The van der Waals surface area contributed by atoms with Crippen LogP contribution in [0.25, 0.3) is 0 Å². The zero-order valence-electron chi connectivity index (χ0n) is 14.4. The molecule has 1 atom stereocenters. The molecule has 1 aromatic rings. The van der Waals surface area contributed by atoms with Gasteiger partial charge in [-0.3, -0.25) is 0 Å². The topological polar surface area (TPSA) is 49.4 Å². The molecule has 1 aromatic carbocycles. The Morgan fingerprint density at radius 3 is 2.57 bits per heavy atom. The number of hydrogen-bond donors (Lipinski definition) is 1. The molecule has 1 unspecified atom stereocenters. The molecule has 130 valence electrons. The van der Waals surface area contributed by atoms with Gasteiger partial charge in [0.15, 0.2) is 0 Å². The van der Waals surface area contributed by atoms with Gasteiger partial charge in [0.1, 0.15) is 0 Å². The first-order valence-corrected chi connectivity index (χ1v) is 10.3. The summed E-state index contributed by atoms with van der Waals surface area (Å²) in [6, 6.07) is 7.20. The third kappa shape index (κ3) is 5.21. The molecule has 0 spiro atoms. The predicted octanol–water partition coefficient (Wildman–Crippen LogP) is 4.10. The molecule has 0 saturated carbocycles. The van der Waals surface area contributed by atoms with Gasteiger partial charge >= 0.3 is 0 Å². The van der Waals surface area contributed by atoms with Crippen molar-refractivity contribution in [2.45, 2.75) is 57.3 Å². The van der Waals surface area contributed by atoms with Gasteiger partial charge in [-0.05, 0) is 49.4 Å². The van der Waals surface area contributed by atoms with Crippen LogP contribution in [-0.4, -0.2) is 32.4 Å². The highest BCUT2D eigenvalue weighted by molar-refractivity contribution is 7.89. The molecule has 1 aliphatic heterocycles. The van der Waals surface area contributed by atoms with Gasteiger partial charge in [0.2, 0.25) is 10.0 Å². The van der Waals surface area contributed by atoms with E-state index < -0.39 is 10.0 Å². The van der Waals surface area contributed by atoms with Crippen molar-refractivity contribution < 1.29 is 8.42 Å². The first-order valence-electron chi connectivity index (χ1n) is 8.88. The van der Waals surface area contributed by atoms with E-state index in [1.54, 1.807) is 16.4 Å². The van der Waals surface area contributed by atoms with Crippen molar-refractivity contribution in [3.8, 4) is 0 Å². The zero-order valence-corrected chi connectivity index (χ0v) is 15.2. The Morgan fingerprint density at radius 2 is 1.91 bits per heavy atom. The van der Waals surface area contributed by atoms with Crippen LogP contribution in [0, 0.1) is 5.92 Å². The minimum atomic E-state index is -3.34. The van der Waals surface area contributed by atoms with Crippen LogP contribution in [0.2, 0.25) is 0 Å². The Bertz CT molecular complexity index is 569. The fraction of sp³-hybridized carbons (Fsp3) is 0.667. The molecular weight excluding hydrogens is 308 g/mol. The molecule has 2 rings (SSSR count). The lowest BCUT2D eigenvalue weighted by Gasteiger charge is -2.30. The third-order valence-corrected chi connectivity index (χ3v) is 6.35. The Balaban J connectivity index is 1.93. The van der Waals surface area contributed by atoms with E-state index in [9.17, 15) is 8.42 Å². The number of nitrogens with zero attached hydrogens (tertiary/aromatic N) is 1. The zero-order chi connectivity index (χ0) is 16.7. The lowest BCUT2D eigenvalue weighted by atomic mass is 10.0. The molecular formula is C18H30N2O2S. The van der Waals surface area contributed by atoms with Crippen LogP contribution < -0.4 is 5.32 Å². The molecule has 1 saturated heterocycles. The van der Waals surface area contributed by atoms with E-state index in [4.69, 9.17) is 0 Å². The van der Waals surface area contributed by atoms with Gasteiger partial charge in [0, 0.05) is 25.3 Å². The SMILES string of the molecule is CCCCCCNc1ccc(S(=O)(=O)N2CCCC(C)C2)cc1. The van der Waals surface area contributed by atoms with Crippen molar-refractivity contribution in [2.24, 2.45) is 5.92 Å². The number of anilines is 1. The highest BCUT2D eigenvalue weighted by Crippen LogP contribution is 2.24. The van der Waals surface area contributed by atoms with Crippen molar-refractivity contribution in [1.29, 1.82) is 0 Å². The Morgan fingerprint density at radius 1 is 1.17 bits per heavy atom. The molecule has 1 aliphatic rings. The van der Waals surface area contributed by atoms with Crippen molar-refractivity contribution in [2.75, 3.05) is 25.0 Å². The summed E-state index contributed by atoms with van der Waals surface area (Å²) < 4.78 is 27.0. The van der Waals surface area contributed by atoms with Crippen LogP contribution in [0.1, 0.15) is 52.4 Å². The van der Waals surface area contributed by atoms with E-state index in [0.29, 0.717) is 23.9 Å². The monoisotopic (exact) mass is 338 g/mol. The highest BCUT2D eigenvalue weighted by atomic mass is 32.2. The minimum Gasteiger partial charge on any atom is -0.385 e. The van der Waals surface area contributed by atoms with Crippen LogP contribution in [0.4, 0.5) is 5.69 Å². The molecule has 23 heavy (non-hydrogen) atoms. The maximum Gasteiger partial charge on any atom is 0.243 e. The number of piperidine rings is 1. The van der Waals surface area contributed by atoms with Gasteiger partial charge in [0.25, 0.3) is 0 Å². The summed E-state index contributed by atoms with van der Waals surface area (Å²) in [5.41, 5.74) is 0.993. The summed E-state index contributed by atoms with van der Waals surface area (Å²) in [6.07, 6.45) is 6.97. The number of rotatable bonds is 8. The van der Waals surface area contributed by atoms with Crippen molar-refractivity contribution in [1.82, 2.24) is 4.31 Å². The van der Waals surface area contributed by atoms with Crippen LogP contribution in [0.15, 0.2) is 29.2 Å². The standard InChI is InChI=1S/C18H30N2O2S/c1-3-4-5-6-13-19-17-9-11-18(12-10-17)23(21,22)20-14-7-8-16(2)15-20/h9-12,16,19H,3-8,13-15H2,1-2H3. The van der Waals surface area contributed by atoms with Gasteiger partial charge in [-0.1, -0.05) is 33.1 Å². The highest BCUT2D eigenvalue weighted by Gasteiger charge is 2.28. The summed E-state index contributed by atoms with van der Waals surface area (Å²) in [6.45, 7) is 6.54. The molecule has 4 nitrogen and oxygen atoms in total. The summed E-state index contributed by atoms with van der Waals surface area (Å²) >= 11 is 0. The molecule has 0 radical (unpaired) electrons. The average molecular weight is 339 g/mol. The van der Waals surface area contributed by atoms with E-state index >= 15 is 0 Å². The smallest absolute Gasteiger partial charge is 0.243 e. The summed E-state index contributed by atoms with van der Waals surface area (Å²) in [4.78, 5) is 0.406. The number of benzene rings is 1. The minimum absolute atomic E-state index is 0.406. The molecule has 1 fully saturated rings. The van der Waals surface area contributed by atoms with Gasteiger partial charge in [-0.2, -0.15) is 4.31 Å². The first kappa shape index (κ1) is 18.3. The normalized spacial score (nSPS) is 19.7. The molecule has 1 heterocycles. The molecule has 5 heteroatoms. The maximum absolute atomic E-state index is 12.7. The second-order valence-corrected chi connectivity index (χ2v) is 8.56. The van der Waals surface area contributed by atoms with Gasteiger partial charge in [-0.25, -0.2) is 8.42 Å². The number of nitrogens with one attached hydrogen (secondary N) is 1. The fourth-order valence-corrected chi connectivity index (χ4v) is 4.64. The van der Waals surface area contributed by atoms with E-state index in [0.717, 1.165) is 31.5 Å². The lowest BCUT2D eigenvalue weighted by Crippen LogP contribution is -2.39. The molecule has 0 bridgehead atoms. The van der Waals surface area contributed by atoms with Crippen molar-refractivity contribution in [3.63, 3.8) is 0 Å². The van der Waals surface area contributed by atoms with Crippen LogP contribution in [0.5, 0.6) is 0 Å². The Kier molecular flexibility index (Phi) is 6.90. The van der Waals surface area contributed by atoms with E-state index in [-0.39, 0.29) is 0 Å². The first-order chi connectivity index (χ1) is 11.0. The van der Waals surface area contributed by atoms with Gasteiger partial charge in [-0.15, -0.1) is 0 Å². The second kappa shape index (κ2) is 8.69. The molecule has 1 N–H and O–H groups in total. The number of hydrogen-bond acceptors (Lipinski definition) is 3. The molecule has 0 amide bonds. The second-order valence-electron chi connectivity index (χ2n) is 6.62.